The van der Waals surface area contributed by atoms with E-state index < -0.39 is 10.0 Å². The molecule has 0 atom stereocenters. The first kappa shape index (κ1) is 14.5. The summed E-state index contributed by atoms with van der Waals surface area (Å²) in [5.41, 5.74) is 0.584. The molecule has 7 heteroatoms. The number of aromatic nitrogens is 1. The van der Waals surface area contributed by atoms with Crippen LogP contribution in [0.5, 0.6) is 0 Å². The predicted molar refractivity (Wildman–Crippen MR) is 70.1 cm³/mol. The van der Waals surface area contributed by atoms with Crippen LogP contribution in [0.25, 0.3) is 0 Å². The molecule has 6 nitrogen and oxygen atoms in total. The number of ether oxygens (including phenoxy) is 1. The molecule has 1 saturated carbocycles. The van der Waals surface area contributed by atoms with Gasteiger partial charge >= 0.3 is 0 Å². The van der Waals surface area contributed by atoms with Crippen LogP contribution in [0.1, 0.15) is 18.5 Å². The summed E-state index contributed by atoms with van der Waals surface area (Å²) in [7, 11) is -0.217. The number of hydrogen-bond donors (Lipinski definition) is 1. The molecule has 0 bridgehead atoms. The van der Waals surface area contributed by atoms with Crippen molar-refractivity contribution in [2.24, 2.45) is 7.05 Å². The van der Waals surface area contributed by atoms with Gasteiger partial charge in [-0.1, -0.05) is 0 Å². The Balaban J connectivity index is 2.27. The van der Waals surface area contributed by atoms with Gasteiger partial charge in [-0.05, 0) is 18.9 Å². The van der Waals surface area contributed by atoms with Crippen LogP contribution in [0.15, 0.2) is 17.2 Å². The first-order valence-corrected chi connectivity index (χ1v) is 7.71. The summed E-state index contributed by atoms with van der Waals surface area (Å²) in [5, 5.41) is 9.15. The van der Waals surface area contributed by atoms with Crippen LogP contribution < -0.4 is 0 Å². The molecule has 1 aromatic heterocycles. The summed E-state index contributed by atoms with van der Waals surface area (Å²) in [4.78, 5) is 0.238. The van der Waals surface area contributed by atoms with Gasteiger partial charge in [0.1, 0.15) is 4.90 Å². The van der Waals surface area contributed by atoms with Crippen molar-refractivity contribution < 1.29 is 18.3 Å². The number of rotatable bonds is 7. The minimum absolute atomic E-state index is 0.0953. The van der Waals surface area contributed by atoms with Gasteiger partial charge in [-0.15, -0.1) is 0 Å². The molecule has 1 N–H and O–H groups in total. The lowest BCUT2D eigenvalue weighted by Crippen LogP contribution is -2.35. The van der Waals surface area contributed by atoms with Crippen LogP contribution in [-0.2, 0) is 28.4 Å². The summed E-state index contributed by atoms with van der Waals surface area (Å²) in [6, 6.07) is 1.62. The summed E-state index contributed by atoms with van der Waals surface area (Å²) in [5.74, 6) is 0. The third-order valence-electron chi connectivity index (χ3n) is 3.32. The molecule has 1 fully saturated rings. The number of aliphatic hydroxyl groups is 1. The highest BCUT2D eigenvalue weighted by Crippen LogP contribution is 2.32. The van der Waals surface area contributed by atoms with Gasteiger partial charge < -0.3 is 14.4 Å². The molecule has 108 valence electrons. The molecule has 0 aromatic carbocycles. The Labute approximate surface area is 113 Å². The van der Waals surface area contributed by atoms with Crippen molar-refractivity contribution in [3.8, 4) is 0 Å². The van der Waals surface area contributed by atoms with E-state index in [9.17, 15) is 8.42 Å². The highest BCUT2D eigenvalue weighted by atomic mass is 32.2. The van der Waals surface area contributed by atoms with E-state index in [4.69, 9.17) is 9.84 Å². The Kier molecular flexibility index (Phi) is 4.29. The molecule has 1 aromatic rings. The highest BCUT2D eigenvalue weighted by molar-refractivity contribution is 7.89. The minimum Gasteiger partial charge on any atom is -0.390 e. The third-order valence-corrected chi connectivity index (χ3v) is 5.24. The summed E-state index contributed by atoms with van der Waals surface area (Å²) >= 11 is 0. The van der Waals surface area contributed by atoms with Gasteiger partial charge in [0.15, 0.2) is 0 Å². The zero-order chi connectivity index (χ0) is 14.0. The average Bonchev–Trinajstić information content (AvgIpc) is 3.11. The van der Waals surface area contributed by atoms with Crippen molar-refractivity contribution in [3.63, 3.8) is 0 Å². The maximum atomic E-state index is 12.6. The summed E-state index contributed by atoms with van der Waals surface area (Å²) in [6.07, 6.45) is 3.36. The van der Waals surface area contributed by atoms with Crippen molar-refractivity contribution >= 4 is 10.0 Å². The van der Waals surface area contributed by atoms with Crippen LogP contribution in [-0.4, -0.2) is 48.7 Å². The minimum atomic E-state index is -3.50. The standard InChI is InChI=1S/C12H20N2O4S/c1-13-8-12(7-11(13)9-15)19(16,17)14(5-6-18-2)10-3-4-10/h7-8,10,15H,3-6,9H2,1-2H3. The first-order valence-electron chi connectivity index (χ1n) is 6.27. The molecule has 0 unspecified atom stereocenters. The van der Waals surface area contributed by atoms with Gasteiger partial charge in [0.25, 0.3) is 0 Å². The molecule has 19 heavy (non-hydrogen) atoms. The Morgan fingerprint density at radius 3 is 2.68 bits per heavy atom. The van der Waals surface area contributed by atoms with Gasteiger partial charge in [0, 0.05) is 38.6 Å². The topological polar surface area (TPSA) is 71.8 Å². The van der Waals surface area contributed by atoms with E-state index in [1.54, 1.807) is 24.9 Å². The quantitative estimate of drug-likeness (QED) is 0.784. The molecule has 0 spiro atoms. The van der Waals surface area contributed by atoms with Crippen LogP contribution >= 0.6 is 0 Å². The molecule has 2 rings (SSSR count). The van der Waals surface area contributed by atoms with E-state index in [0.29, 0.717) is 18.8 Å². The molecule has 0 radical (unpaired) electrons. The Morgan fingerprint density at radius 1 is 1.53 bits per heavy atom. The molecule has 0 amide bonds. The molecule has 0 aliphatic heterocycles. The van der Waals surface area contributed by atoms with E-state index in [1.807, 2.05) is 0 Å². The fourth-order valence-corrected chi connectivity index (χ4v) is 3.82. The number of aryl methyl sites for hydroxylation is 1. The normalized spacial score (nSPS) is 16.2. The van der Waals surface area contributed by atoms with Gasteiger partial charge in [-0.2, -0.15) is 4.31 Å². The lowest BCUT2D eigenvalue weighted by atomic mass is 10.5. The van der Waals surface area contributed by atoms with Crippen LogP contribution in [0.4, 0.5) is 0 Å². The largest absolute Gasteiger partial charge is 0.390 e. The van der Waals surface area contributed by atoms with Gasteiger partial charge in [-0.25, -0.2) is 8.42 Å². The SMILES string of the molecule is COCCN(C1CC1)S(=O)(=O)c1cc(CO)n(C)c1. The molecule has 1 heterocycles. The molecular weight excluding hydrogens is 268 g/mol. The monoisotopic (exact) mass is 288 g/mol. The van der Waals surface area contributed by atoms with Crippen molar-refractivity contribution in [1.29, 1.82) is 0 Å². The second-order valence-electron chi connectivity index (χ2n) is 4.78. The Morgan fingerprint density at radius 2 is 2.21 bits per heavy atom. The maximum absolute atomic E-state index is 12.6. The van der Waals surface area contributed by atoms with Crippen molar-refractivity contribution in [2.75, 3.05) is 20.3 Å². The second kappa shape index (κ2) is 5.62. The fraction of sp³-hybridized carbons (Fsp3) is 0.667. The predicted octanol–water partition coefficient (Wildman–Crippen LogP) is 0.317. The summed E-state index contributed by atoms with van der Waals surface area (Å²) < 4.78 is 33.3. The van der Waals surface area contributed by atoms with Crippen LogP contribution in [0.2, 0.25) is 0 Å². The molecule has 0 saturated heterocycles. The lowest BCUT2D eigenvalue weighted by Gasteiger charge is -2.20. The second-order valence-corrected chi connectivity index (χ2v) is 6.67. The van der Waals surface area contributed by atoms with E-state index in [-0.39, 0.29) is 17.5 Å². The molecule has 1 aliphatic rings. The smallest absolute Gasteiger partial charge is 0.244 e. The maximum Gasteiger partial charge on any atom is 0.244 e. The summed E-state index contributed by atoms with van der Waals surface area (Å²) in [6.45, 7) is 0.579. The first-order chi connectivity index (χ1) is 9.00. The average molecular weight is 288 g/mol. The zero-order valence-electron chi connectivity index (χ0n) is 11.2. The van der Waals surface area contributed by atoms with Gasteiger partial charge in [-0.3, -0.25) is 0 Å². The number of sulfonamides is 1. The number of nitrogens with zero attached hydrogens (tertiary/aromatic N) is 2. The highest BCUT2D eigenvalue weighted by Gasteiger charge is 2.38. The van der Waals surface area contributed by atoms with Gasteiger partial charge in [0.05, 0.1) is 13.2 Å². The Bertz CT molecular complexity index is 534. The van der Waals surface area contributed by atoms with E-state index in [1.165, 1.54) is 10.4 Å². The molecular formula is C12H20N2O4S. The molecule has 1 aliphatic carbocycles. The van der Waals surface area contributed by atoms with Crippen LogP contribution in [0, 0.1) is 0 Å². The van der Waals surface area contributed by atoms with Crippen molar-refractivity contribution in [2.45, 2.75) is 30.4 Å². The van der Waals surface area contributed by atoms with E-state index in [0.717, 1.165) is 12.8 Å². The van der Waals surface area contributed by atoms with E-state index in [2.05, 4.69) is 0 Å². The fourth-order valence-electron chi connectivity index (χ4n) is 2.05. The van der Waals surface area contributed by atoms with E-state index >= 15 is 0 Å². The van der Waals surface area contributed by atoms with Crippen LogP contribution in [0.3, 0.4) is 0 Å². The van der Waals surface area contributed by atoms with Crippen molar-refractivity contribution in [3.05, 3.63) is 18.0 Å². The number of hydrogen-bond acceptors (Lipinski definition) is 4. The Hall–Kier alpha value is -0.890. The third kappa shape index (κ3) is 3.00. The lowest BCUT2D eigenvalue weighted by molar-refractivity contribution is 0.177. The number of methoxy groups -OCH3 is 1. The van der Waals surface area contributed by atoms with Gasteiger partial charge in [0.2, 0.25) is 10.0 Å². The number of aliphatic hydroxyl groups excluding tert-OH is 1. The van der Waals surface area contributed by atoms with Crippen molar-refractivity contribution in [1.82, 2.24) is 8.87 Å². The zero-order valence-corrected chi connectivity index (χ0v) is 12.1.